The summed E-state index contributed by atoms with van der Waals surface area (Å²) in [4.78, 5) is 29.7. The number of carbonyl (C=O) groups is 2. The summed E-state index contributed by atoms with van der Waals surface area (Å²) in [7, 11) is -4.14. The van der Waals surface area contributed by atoms with Crippen LogP contribution in [0.1, 0.15) is 45.2 Å². The Bertz CT molecular complexity index is 1430. The van der Waals surface area contributed by atoms with Crippen LogP contribution in [0.2, 0.25) is 0 Å². The van der Waals surface area contributed by atoms with Gasteiger partial charge in [-0.25, -0.2) is 8.42 Å². The Hall–Kier alpha value is -3.50. The van der Waals surface area contributed by atoms with Gasteiger partial charge in [-0.3, -0.25) is 13.9 Å². The van der Waals surface area contributed by atoms with E-state index in [0.29, 0.717) is 18.0 Å². The van der Waals surface area contributed by atoms with Crippen molar-refractivity contribution in [3.63, 3.8) is 0 Å². The number of sulfonamides is 1. The molecule has 0 spiro atoms. The average Bonchev–Trinajstić information content (AvgIpc) is 2.99. The number of ether oxygens (including phenoxy) is 1. The predicted molar refractivity (Wildman–Crippen MR) is 169 cm³/mol. The molecule has 42 heavy (non-hydrogen) atoms. The van der Waals surface area contributed by atoms with E-state index in [-0.39, 0.29) is 23.4 Å². The van der Waals surface area contributed by atoms with E-state index in [1.165, 1.54) is 16.7 Å². The molecule has 226 valence electrons. The van der Waals surface area contributed by atoms with Gasteiger partial charge in [0.2, 0.25) is 11.8 Å². The first-order chi connectivity index (χ1) is 20.0. The quantitative estimate of drug-likeness (QED) is 0.237. The molecule has 0 radical (unpaired) electrons. The Morgan fingerprint density at radius 2 is 1.55 bits per heavy atom. The van der Waals surface area contributed by atoms with Crippen molar-refractivity contribution in [1.29, 1.82) is 0 Å². The number of nitrogens with zero attached hydrogens (tertiary/aromatic N) is 2. The van der Waals surface area contributed by atoms with Crippen LogP contribution < -0.4 is 14.4 Å². The minimum Gasteiger partial charge on any atom is -0.494 e. The Balaban J connectivity index is 2.03. The molecule has 2 atom stereocenters. The maximum atomic E-state index is 14.1. The summed E-state index contributed by atoms with van der Waals surface area (Å²) in [6.07, 6.45) is 2.65. The lowest BCUT2D eigenvalue weighted by Crippen LogP contribution is -2.52. The molecule has 0 fully saturated rings. The van der Waals surface area contributed by atoms with Crippen molar-refractivity contribution in [3.05, 3.63) is 83.9 Å². The second kappa shape index (κ2) is 15.1. The van der Waals surface area contributed by atoms with Gasteiger partial charge in [0, 0.05) is 17.5 Å². The molecule has 1 N–H and O–H groups in total. The zero-order valence-corrected chi connectivity index (χ0v) is 26.8. The standard InChI is InChI=1S/C32H41N3O5S2/c1-7-24(4)33-32(37)25(5)34(21-26-11-9-23(3)10-12-26)31(36)22-35(27-13-15-28(16-14-27)40-8-2)42(38,39)30-19-17-29(41-6)18-20-30/h9-20,24-25H,7-8,21-22H2,1-6H3,(H,33,37)/t24-,25-/m1/s1. The van der Waals surface area contributed by atoms with E-state index < -0.39 is 28.5 Å². The van der Waals surface area contributed by atoms with Gasteiger partial charge in [0.05, 0.1) is 17.2 Å². The SMILES string of the molecule is CCOc1ccc(N(CC(=O)N(Cc2ccc(C)cc2)[C@H](C)C(=O)N[C@H](C)CC)S(=O)(=O)c2ccc(SC)cc2)cc1. The van der Waals surface area contributed by atoms with Crippen molar-refractivity contribution in [2.24, 2.45) is 0 Å². The smallest absolute Gasteiger partial charge is 0.264 e. The summed E-state index contributed by atoms with van der Waals surface area (Å²) in [5, 5.41) is 2.95. The number of aryl methyl sites for hydroxylation is 1. The second-order valence-corrected chi connectivity index (χ2v) is 12.9. The zero-order valence-electron chi connectivity index (χ0n) is 25.2. The second-order valence-electron chi connectivity index (χ2n) is 10.1. The van der Waals surface area contributed by atoms with Crippen molar-refractivity contribution >= 4 is 39.3 Å². The third kappa shape index (κ3) is 8.51. The molecule has 8 nitrogen and oxygen atoms in total. The van der Waals surface area contributed by atoms with Gasteiger partial charge in [-0.05, 0) is 94.5 Å². The topological polar surface area (TPSA) is 96.0 Å². The van der Waals surface area contributed by atoms with Crippen LogP contribution >= 0.6 is 11.8 Å². The number of nitrogens with one attached hydrogen (secondary N) is 1. The molecule has 0 bridgehead atoms. The lowest BCUT2D eigenvalue weighted by atomic mass is 10.1. The number of carbonyl (C=O) groups excluding carboxylic acids is 2. The van der Waals surface area contributed by atoms with E-state index in [9.17, 15) is 18.0 Å². The summed E-state index contributed by atoms with van der Waals surface area (Å²) in [6.45, 7) is 9.49. The van der Waals surface area contributed by atoms with E-state index in [2.05, 4.69) is 5.32 Å². The summed E-state index contributed by atoms with van der Waals surface area (Å²) in [6, 6.07) is 19.9. The van der Waals surface area contributed by atoms with Gasteiger partial charge in [0.15, 0.2) is 0 Å². The third-order valence-corrected chi connectivity index (χ3v) is 9.54. The predicted octanol–water partition coefficient (Wildman–Crippen LogP) is 5.64. The van der Waals surface area contributed by atoms with Crippen molar-refractivity contribution in [3.8, 4) is 5.75 Å². The maximum absolute atomic E-state index is 14.1. The summed E-state index contributed by atoms with van der Waals surface area (Å²) in [5.74, 6) is -0.209. The molecule has 0 aliphatic heterocycles. The monoisotopic (exact) mass is 611 g/mol. The van der Waals surface area contributed by atoms with Crippen molar-refractivity contribution in [1.82, 2.24) is 10.2 Å². The molecular weight excluding hydrogens is 571 g/mol. The normalized spacial score (nSPS) is 12.7. The van der Waals surface area contributed by atoms with Crippen LogP contribution in [0.25, 0.3) is 0 Å². The first-order valence-corrected chi connectivity index (χ1v) is 16.7. The number of rotatable bonds is 14. The minimum absolute atomic E-state index is 0.0645. The summed E-state index contributed by atoms with van der Waals surface area (Å²) in [5.41, 5.74) is 2.22. The van der Waals surface area contributed by atoms with Crippen LogP contribution in [0.5, 0.6) is 5.75 Å². The molecule has 3 rings (SSSR count). The number of hydrogen-bond acceptors (Lipinski definition) is 6. The molecule has 0 saturated heterocycles. The van der Waals surface area contributed by atoms with Gasteiger partial charge >= 0.3 is 0 Å². The molecule has 3 aromatic carbocycles. The Morgan fingerprint density at radius 3 is 2.10 bits per heavy atom. The highest BCUT2D eigenvalue weighted by Crippen LogP contribution is 2.28. The molecule has 0 aromatic heterocycles. The molecule has 2 amide bonds. The van der Waals surface area contributed by atoms with Gasteiger partial charge in [-0.1, -0.05) is 36.8 Å². The molecule has 0 aliphatic rings. The van der Waals surface area contributed by atoms with Crippen molar-refractivity contribution in [2.75, 3.05) is 23.7 Å². The largest absolute Gasteiger partial charge is 0.494 e. The molecule has 0 heterocycles. The third-order valence-electron chi connectivity index (χ3n) is 7.00. The van der Waals surface area contributed by atoms with Crippen LogP contribution in [-0.2, 0) is 26.2 Å². The number of thioether (sulfide) groups is 1. The van der Waals surface area contributed by atoms with Crippen LogP contribution in [0, 0.1) is 6.92 Å². The first-order valence-electron chi connectivity index (χ1n) is 14.0. The Morgan fingerprint density at radius 1 is 0.929 bits per heavy atom. The summed E-state index contributed by atoms with van der Waals surface area (Å²) >= 11 is 1.51. The highest BCUT2D eigenvalue weighted by Gasteiger charge is 2.32. The lowest BCUT2D eigenvalue weighted by Gasteiger charge is -2.32. The molecule has 10 heteroatoms. The van der Waals surface area contributed by atoms with Gasteiger partial charge < -0.3 is 15.0 Å². The molecule has 0 aliphatic carbocycles. The average molecular weight is 612 g/mol. The minimum atomic E-state index is -4.14. The fraction of sp³-hybridized carbons (Fsp3) is 0.375. The van der Waals surface area contributed by atoms with Crippen LogP contribution in [0.3, 0.4) is 0 Å². The van der Waals surface area contributed by atoms with Crippen LogP contribution in [0.15, 0.2) is 82.6 Å². The van der Waals surface area contributed by atoms with Crippen molar-refractivity contribution in [2.45, 2.75) is 69.5 Å². The number of amides is 2. The van der Waals surface area contributed by atoms with Crippen LogP contribution in [-0.4, -0.2) is 56.6 Å². The summed E-state index contributed by atoms with van der Waals surface area (Å²) < 4.78 is 34.7. The van der Waals surface area contributed by atoms with Gasteiger partial charge in [-0.15, -0.1) is 11.8 Å². The Labute approximate surface area is 254 Å². The lowest BCUT2D eigenvalue weighted by molar-refractivity contribution is -0.139. The highest BCUT2D eigenvalue weighted by atomic mass is 32.2. The fourth-order valence-corrected chi connectivity index (χ4v) is 6.04. The van der Waals surface area contributed by atoms with E-state index in [0.717, 1.165) is 26.7 Å². The number of benzene rings is 3. The molecule has 0 unspecified atom stereocenters. The maximum Gasteiger partial charge on any atom is 0.264 e. The first kappa shape index (κ1) is 33.0. The van der Waals surface area contributed by atoms with E-state index in [1.807, 2.05) is 58.2 Å². The number of anilines is 1. The van der Waals surface area contributed by atoms with E-state index >= 15 is 0 Å². The van der Waals surface area contributed by atoms with Crippen LogP contribution in [0.4, 0.5) is 5.69 Å². The Kier molecular flexibility index (Phi) is 11.9. The fourth-order valence-electron chi connectivity index (χ4n) is 4.22. The van der Waals surface area contributed by atoms with Crippen molar-refractivity contribution < 1.29 is 22.7 Å². The highest BCUT2D eigenvalue weighted by molar-refractivity contribution is 7.98. The van der Waals surface area contributed by atoms with E-state index in [1.54, 1.807) is 55.5 Å². The molecule has 0 saturated carbocycles. The zero-order chi connectivity index (χ0) is 30.9. The van der Waals surface area contributed by atoms with Gasteiger partial charge in [0.1, 0.15) is 18.3 Å². The van der Waals surface area contributed by atoms with Gasteiger partial charge in [0.25, 0.3) is 10.0 Å². The molecular formula is C32H41N3O5S2. The number of hydrogen-bond donors (Lipinski definition) is 1. The van der Waals surface area contributed by atoms with E-state index in [4.69, 9.17) is 4.74 Å². The van der Waals surface area contributed by atoms with Gasteiger partial charge in [-0.2, -0.15) is 0 Å². The molecule has 3 aromatic rings.